The summed E-state index contributed by atoms with van der Waals surface area (Å²) in [7, 11) is 0. The first-order valence-electron chi connectivity index (χ1n) is 12.3. The highest BCUT2D eigenvalue weighted by molar-refractivity contribution is 5.98. The fourth-order valence-electron chi connectivity index (χ4n) is 4.50. The molecule has 2 aromatic carbocycles. The average Bonchev–Trinajstić information content (AvgIpc) is 2.86. The van der Waals surface area contributed by atoms with Crippen LogP contribution in [0.4, 0.5) is 0 Å². The van der Waals surface area contributed by atoms with E-state index in [-0.39, 0.29) is 11.6 Å². The van der Waals surface area contributed by atoms with E-state index in [0.717, 1.165) is 70.5 Å². The van der Waals surface area contributed by atoms with Crippen molar-refractivity contribution in [3.05, 3.63) is 59.7 Å². The molecular weight excluding hydrogens is 396 g/mol. The molecule has 4 heteroatoms. The Kier molecular flexibility index (Phi) is 9.35. The molecule has 0 heterocycles. The molecule has 0 aliphatic carbocycles. The van der Waals surface area contributed by atoms with Gasteiger partial charge in [-0.1, -0.05) is 48.5 Å². The minimum absolute atomic E-state index is 0.201. The van der Waals surface area contributed by atoms with Crippen LogP contribution in [-0.4, -0.2) is 72.9 Å². The molecular formula is C28H42N2O2+2. The van der Waals surface area contributed by atoms with Crippen LogP contribution in [0.15, 0.2) is 48.5 Å². The molecule has 0 atom stereocenters. The van der Waals surface area contributed by atoms with Gasteiger partial charge in [-0.15, -0.1) is 0 Å². The summed E-state index contributed by atoms with van der Waals surface area (Å²) in [5, 5.41) is 0. The zero-order valence-corrected chi connectivity index (χ0v) is 21.0. The molecule has 2 rings (SSSR count). The van der Waals surface area contributed by atoms with Gasteiger partial charge in [-0.25, -0.2) is 0 Å². The Labute approximate surface area is 195 Å². The lowest BCUT2D eigenvalue weighted by Crippen LogP contribution is -2.50. The lowest BCUT2D eigenvalue weighted by atomic mass is 9.99. The Hall–Kier alpha value is -2.30. The van der Waals surface area contributed by atoms with E-state index in [1.165, 1.54) is 0 Å². The van der Waals surface area contributed by atoms with Gasteiger partial charge in [-0.2, -0.15) is 0 Å². The molecule has 0 spiro atoms. The molecule has 32 heavy (non-hydrogen) atoms. The highest BCUT2D eigenvalue weighted by Crippen LogP contribution is 2.22. The minimum atomic E-state index is 0.201. The SMILES string of the molecule is CC[N+](CC)(CC)CC(=O)c1ccc(-c2ccc(C(=O)C[N+](CC)(CC)CC)cc2)cc1. The number of Topliss-reactive ketones (excluding diaryl/α,β-unsaturated/α-hetero) is 2. The van der Waals surface area contributed by atoms with E-state index in [2.05, 4.69) is 41.5 Å². The third-order valence-electron chi connectivity index (χ3n) is 7.73. The van der Waals surface area contributed by atoms with Crippen molar-refractivity contribution in [2.45, 2.75) is 41.5 Å². The van der Waals surface area contributed by atoms with Crippen LogP contribution >= 0.6 is 0 Å². The largest absolute Gasteiger partial charge is 0.318 e. The zero-order chi connectivity index (χ0) is 23.8. The number of carbonyl (C=O) groups is 2. The van der Waals surface area contributed by atoms with Crippen molar-refractivity contribution in [2.24, 2.45) is 0 Å². The average molecular weight is 439 g/mol. The van der Waals surface area contributed by atoms with E-state index in [0.29, 0.717) is 13.1 Å². The summed E-state index contributed by atoms with van der Waals surface area (Å²) in [6.45, 7) is 19.8. The van der Waals surface area contributed by atoms with Crippen LogP contribution in [0.2, 0.25) is 0 Å². The first kappa shape index (κ1) is 26.0. The Morgan fingerprint density at radius 2 is 0.750 bits per heavy atom. The van der Waals surface area contributed by atoms with Crippen LogP contribution in [0.25, 0.3) is 11.1 Å². The topological polar surface area (TPSA) is 34.1 Å². The van der Waals surface area contributed by atoms with Gasteiger partial charge in [0.05, 0.1) is 39.3 Å². The predicted octanol–water partition coefficient (Wildman–Crippen LogP) is 5.47. The van der Waals surface area contributed by atoms with E-state index >= 15 is 0 Å². The number of rotatable bonds is 13. The molecule has 2 aromatic rings. The number of ketones is 2. The van der Waals surface area contributed by atoms with Crippen molar-refractivity contribution in [1.82, 2.24) is 0 Å². The molecule has 4 nitrogen and oxygen atoms in total. The summed E-state index contributed by atoms with van der Waals surface area (Å²) < 4.78 is 1.65. The Bertz CT molecular complexity index is 785. The summed E-state index contributed by atoms with van der Waals surface area (Å²) in [4.78, 5) is 25.7. The maximum Gasteiger partial charge on any atom is 0.216 e. The summed E-state index contributed by atoms with van der Waals surface area (Å²) in [5.41, 5.74) is 3.66. The second-order valence-corrected chi connectivity index (χ2v) is 8.90. The number of quaternary nitrogens is 2. The van der Waals surface area contributed by atoms with Gasteiger partial charge in [0, 0.05) is 11.1 Å². The summed E-state index contributed by atoms with van der Waals surface area (Å²) >= 11 is 0. The number of likely N-dealkylation sites (N-methyl/N-ethyl adjacent to an activating group) is 2. The Morgan fingerprint density at radius 1 is 0.500 bits per heavy atom. The number of nitrogens with zero attached hydrogens (tertiary/aromatic N) is 2. The van der Waals surface area contributed by atoms with Gasteiger partial charge >= 0.3 is 0 Å². The highest BCUT2D eigenvalue weighted by Gasteiger charge is 2.26. The Morgan fingerprint density at radius 3 is 0.969 bits per heavy atom. The normalized spacial score (nSPS) is 12.1. The zero-order valence-electron chi connectivity index (χ0n) is 21.0. The van der Waals surface area contributed by atoms with Crippen LogP contribution in [0.5, 0.6) is 0 Å². The highest BCUT2D eigenvalue weighted by atomic mass is 16.1. The van der Waals surface area contributed by atoms with Crippen molar-refractivity contribution in [1.29, 1.82) is 0 Å². The summed E-state index contributed by atoms with van der Waals surface area (Å²) in [6, 6.07) is 15.8. The molecule has 174 valence electrons. The van der Waals surface area contributed by atoms with E-state index in [1.807, 2.05) is 48.5 Å². The van der Waals surface area contributed by atoms with Crippen molar-refractivity contribution in [3.8, 4) is 11.1 Å². The summed E-state index contributed by atoms with van der Waals surface area (Å²) in [6.07, 6.45) is 0. The number of carbonyl (C=O) groups excluding carboxylic acids is 2. The number of hydrogen-bond donors (Lipinski definition) is 0. The van der Waals surface area contributed by atoms with Gasteiger partial charge in [-0.05, 0) is 52.7 Å². The molecule has 0 amide bonds. The molecule has 0 saturated carbocycles. The fraction of sp³-hybridized carbons (Fsp3) is 0.500. The van der Waals surface area contributed by atoms with E-state index in [9.17, 15) is 9.59 Å². The molecule has 0 radical (unpaired) electrons. The monoisotopic (exact) mass is 438 g/mol. The quantitative estimate of drug-likeness (QED) is 0.307. The third-order valence-corrected chi connectivity index (χ3v) is 7.73. The van der Waals surface area contributed by atoms with Gasteiger partial charge < -0.3 is 8.97 Å². The van der Waals surface area contributed by atoms with Gasteiger partial charge in [0.2, 0.25) is 11.6 Å². The number of hydrogen-bond acceptors (Lipinski definition) is 2. The van der Waals surface area contributed by atoms with E-state index in [1.54, 1.807) is 0 Å². The van der Waals surface area contributed by atoms with Crippen molar-refractivity contribution >= 4 is 11.6 Å². The maximum atomic E-state index is 12.8. The summed E-state index contributed by atoms with van der Waals surface area (Å²) in [5.74, 6) is 0.403. The fourth-order valence-corrected chi connectivity index (χ4v) is 4.50. The van der Waals surface area contributed by atoms with Crippen molar-refractivity contribution in [3.63, 3.8) is 0 Å². The lowest BCUT2D eigenvalue weighted by molar-refractivity contribution is -0.915. The van der Waals surface area contributed by atoms with Crippen LogP contribution in [0.1, 0.15) is 62.3 Å². The predicted molar refractivity (Wildman–Crippen MR) is 134 cm³/mol. The second-order valence-electron chi connectivity index (χ2n) is 8.90. The van der Waals surface area contributed by atoms with Crippen LogP contribution < -0.4 is 0 Å². The molecule has 0 bridgehead atoms. The molecule has 0 saturated heterocycles. The molecule has 0 N–H and O–H groups in total. The molecule has 0 aliphatic heterocycles. The molecule has 0 fully saturated rings. The first-order chi connectivity index (χ1) is 15.3. The van der Waals surface area contributed by atoms with Gasteiger partial charge in [-0.3, -0.25) is 9.59 Å². The van der Waals surface area contributed by atoms with Crippen molar-refractivity contribution in [2.75, 3.05) is 52.4 Å². The number of benzene rings is 2. The Balaban J connectivity index is 2.12. The standard InChI is InChI=1S/C28H42N2O2/c1-7-29(8-2,9-3)21-27(31)25-17-13-23(14-18-25)24-15-19-26(20-16-24)28(32)22-30(10-4,11-5)12-6/h13-20H,7-12,21-22H2,1-6H3/q+2. The minimum Gasteiger partial charge on any atom is -0.318 e. The maximum absolute atomic E-state index is 12.8. The van der Waals surface area contributed by atoms with Crippen LogP contribution in [0.3, 0.4) is 0 Å². The van der Waals surface area contributed by atoms with E-state index < -0.39 is 0 Å². The van der Waals surface area contributed by atoms with Crippen LogP contribution in [-0.2, 0) is 0 Å². The molecule has 0 unspecified atom stereocenters. The van der Waals surface area contributed by atoms with E-state index in [4.69, 9.17) is 0 Å². The van der Waals surface area contributed by atoms with Crippen LogP contribution in [0, 0.1) is 0 Å². The van der Waals surface area contributed by atoms with Gasteiger partial charge in [0.25, 0.3) is 0 Å². The van der Waals surface area contributed by atoms with Crippen molar-refractivity contribution < 1.29 is 18.6 Å². The first-order valence-corrected chi connectivity index (χ1v) is 12.3. The van der Waals surface area contributed by atoms with Gasteiger partial charge in [0.15, 0.2) is 0 Å². The lowest BCUT2D eigenvalue weighted by Gasteiger charge is -2.35. The smallest absolute Gasteiger partial charge is 0.216 e. The third kappa shape index (κ3) is 5.93. The van der Waals surface area contributed by atoms with Gasteiger partial charge in [0.1, 0.15) is 13.1 Å². The second kappa shape index (κ2) is 11.5. The molecule has 0 aliphatic rings. The molecule has 0 aromatic heterocycles.